The molecule has 0 saturated carbocycles. The largest absolute Gasteiger partial charge is 0.394 e. The van der Waals surface area contributed by atoms with Crippen molar-refractivity contribution < 1.29 is 44.2 Å². The highest BCUT2D eigenvalue weighted by molar-refractivity contribution is 5.77. The Morgan fingerprint density at radius 1 is 1.03 bits per heavy atom. The molecule has 2 aliphatic rings. The third kappa shape index (κ3) is 9.49. The molecule has 36 heavy (non-hydrogen) atoms. The topological polar surface area (TPSA) is 184 Å². The van der Waals surface area contributed by atoms with Crippen molar-refractivity contribution in [2.75, 3.05) is 40.0 Å². The molecular weight excluding hydrogens is 474 g/mol. The van der Waals surface area contributed by atoms with Crippen LogP contribution in [0.3, 0.4) is 0 Å². The first-order valence-corrected chi connectivity index (χ1v) is 13.0. The fourth-order valence-corrected chi connectivity index (χ4v) is 4.58. The number of nitrogens with one attached hydrogen (secondary N) is 1. The van der Waals surface area contributed by atoms with Gasteiger partial charge in [-0.05, 0) is 32.1 Å². The summed E-state index contributed by atoms with van der Waals surface area (Å²) < 4.78 is 16.3. The zero-order valence-corrected chi connectivity index (χ0v) is 21.3. The number of carbonyl (C=O) groups excluding carboxylic acids is 2. The number of methoxy groups -OCH3 is 1. The SMILES string of the molecule is CO[C@@H]1C[C@@H](CO)N(C(=O)CCCCCNC(=O)CCCCCO[C@@H]2OC(CO)C(O)C(O)[C@@H]2N)C1. The number of aliphatic hydroxyl groups excluding tert-OH is 4. The number of nitrogens with two attached hydrogens (primary N) is 1. The molecule has 12 heteroatoms. The molecule has 210 valence electrons. The maximum Gasteiger partial charge on any atom is 0.222 e. The number of carbonyl (C=O) groups is 2. The fraction of sp³-hybridized carbons (Fsp3) is 0.917. The van der Waals surface area contributed by atoms with E-state index >= 15 is 0 Å². The Morgan fingerprint density at radius 3 is 2.44 bits per heavy atom. The van der Waals surface area contributed by atoms with Crippen LogP contribution in [-0.4, -0.2) is 120 Å². The Kier molecular flexibility index (Phi) is 14.1. The van der Waals surface area contributed by atoms with Gasteiger partial charge in [0.1, 0.15) is 18.3 Å². The molecule has 0 bridgehead atoms. The molecule has 2 aliphatic heterocycles. The predicted octanol–water partition coefficient (Wildman–Crippen LogP) is -1.39. The van der Waals surface area contributed by atoms with Gasteiger partial charge in [-0.15, -0.1) is 0 Å². The van der Waals surface area contributed by atoms with Crippen molar-refractivity contribution in [3.63, 3.8) is 0 Å². The van der Waals surface area contributed by atoms with Gasteiger partial charge in [0.15, 0.2) is 6.29 Å². The van der Waals surface area contributed by atoms with Crippen LogP contribution in [0.4, 0.5) is 0 Å². The van der Waals surface area contributed by atoms with Gasteiger partial charge in [0.25, 0.3) is 0 Å². The number of unbranched alkanes of at least 4 members (excludes halogenated alkanes) is 4. The number of nitrogens with zero attached hydrogens (tertiary/aromatic N) is 1. The van der Waals surface area contributed by atoms with Gasteiger partial charge in [-0.25, -0.2) is 0 Å². The first-order chi connectivity index (χ1) is 17.3. The molecule has 2 amide bonds. The highest BCUT2D eigenvalue weighted by Gasteiger charge is 2.42. The van der Waals surface area contributed by atoms with E-state index in [0.717, 1.165) is 25.7 Å². The minimum absolute atomic E-state index is 0.0123. The Morgan fingerprint density at radius 2 is 1.75 bits per heavy atom. The number of hydrogen-bond donors (Lipinski definition) is 6. The van der Waals surface area contributed by atoms with Crippen molar-refractivity contribution in [3.8, 4) is 0 Å². The molecular formula is C24H45N3O9. The quantitative estimate of drug-likeness (QED) is 0.133. The van der Waals surface area contributed by atoms with E-state index < -0.39 is 37.3 Å². The Hall–Kier alpha value is -1.38. The van der Waals surface area contributed by atoms with E-state index in [0.29, 0.717) is 51.8 Å². The average Bonchev–Trinajstić information content (AvgIpc) is 3.31. The van der Waals surface area contributed by atoms with Crippen LogP contribution in [0.1, 0.15) is 57.8 Å². The van der Waals surface area contributed by atoms with Crippen molar-refractivity contribution in [3.05, 3.63) is 0 Å². The van der Waals surface area contributed by atoms with E-state index in [1.54, 1.807) is 12.0 Å². The summed E-state index contributed by atoms with van der Waals surface area (Å²) in [6.45, 7) is 0.928. The fourth-order valence-electron chi connectivity index (χ4n) is 4.58. The lowest BCUT2D eigenvalue weighted by Crippen LogP contribution is -2.62. The van der Waals surface area contributed by atoms with Crippen molar-refractivity contribution >= 4 is 11.8 Å². The van der Waals surface area contributed by atoms with Gasteiger partial charge < -0.3 is 50.6 Å². The Labute approximate surface area is 213 Å². The minimum atomic E-state index is -1.26. The smallest absolute Gasteiger partial charge is 0.222 e. The molecule has 2 saturated heterocycles. The normalized spacial score (nSPS) is 30.5. The summed E-state index contributed by atoms with van der Waals surface area (Å²) in [6.07, 6.45) is 1.66. The second kappa shape index (κ2) is 16.5. The first-order valence-electron chi connectivity index (χ1n) is 13.0. The first kappa shape index (κ1) is 30.8. The van der Waals surface area contributed by atoms with Crippen LogP contribution in [0.2, 0.25) is 0 Å². The molecule has 12 nitrogen and oxygen atoms in total. The van der Waals surface area contributed by atoms with Crippen LogP contribution in [0, 0.1) is 0 Å². The Balaban J connectivity index is 1.45. The second-order valence-electron chi connectivity index (χ2n) is 9.60. The van der Waals surface area contributed by atoms with Crippen molar-refractivity contribution in [1.82, 2.24) is 10.2 Å². The van der Waals surface area contributed by atoms with Crippen molar-refractivity contribution in [1.29, 1.82) is 0 Å². The molecule has 3 unspecified atom stereocenters. The molecule has 0 aromatic rings. The lowest BCUT2D eigenvalue weighted by atomic mass is 9.98. The van der Waals surface area contributed by atoms with Gasteiger partial charge in [-0.1, -0.05) is 12.8 Å². The van der Waals surface area contributed by atoms with E-state index in [9.17, 15) is 30.0 Å². The summed E-state index contributed by atoms with van der Waals surface area (Å²) >= 11 is 0. The Bertz CT molecular complexity index is 654. The summed E-state index contributed by atoms with van der Waals surface area (Å²) in [5, 5.41) is 41.3. The zero-order chi connectivity index (χ0) is 26.5. The van der Waals surface area contributed by atoms with Crippen LogP contribution in [0.15, 0.2) is 0 Å². The molecule has 7 N–H and O–H groups in total. The number of hydrogen-bond acceptors (Lipinski definition) is 10. The molecule has 0 radical (unpaired) electrons. The highest BCUT2D eigenvalue weighted by Crippen LogP contribution is 2.22. The average molecular weight is 520 g/mol. The van der Waals surface area contributed by atoms with Crippen LogP contribution in [0.25, 0.3) is 0 Å². The number of rotatable bonds is 16. The van der Waals surface area contributed by atoms with Crippen LogP contribution in [-0.2, 0) is 23.8 Å². The van der Waals surface area contributed by atoms with E-state index in [1.807, 2.05) is 0 Å². The molecule has 0 aromatic heterocycles. The predicted molar refractivity (Wildman–Crippen MR) is 130 cm³/mol. The monoisotopic (exact) mass is 519 g/mol. The van der Waals surface area contributed by atoms with Crippen molar-refractivity contribution in [2.24, 2.45) is 5.73 Å². The lowest BCUT2D eigenvalue weighted by Gasteiger charge is -2.40. The maximum absolute atomic E-state index is 12.4. The molecule has 2 rings (SSSR count). The maximum atomic E-state index is 12.4. The van der Waals surface area contributed by atoms with Gasteiger partial charge >= 0.3 is 0 Å². The summed E-state index contributed by atoms with van der Waals surface area (Å²) in [7, 11) is 1.62. The van der Waals surface area contributed by atoms with Gasteiger partial charge in [0.2, 0.25) is 11.8 Å². The molecule has 2 fully saturated rings. The zero-order valence-electron chi connectivity index (χ0n) is 21.3. The number of likely N-dealkylation sites (tertiary alicyclic amines) is 1. The van der Waals surface area contributed by atoms with Crippen LogP contribution in [0.5, 0.6) is 0 Å². The summed E-state index contributed by atoms with van der Waals surface area (Å²) in [4.78, 5) is 26.1. The summed E-state index contributed by atoms with van der Waals surface area (Å²) in [5.74, 6) is 0.0293. The van der Waals surface area contributed by atoms with E-state index in [2.05, 4.69) is 5.32 Å². The van der Waals surface area contributed by atoms with Gasteiger partial charge in [0, 0.05) is 39.6 Å². The van der Waals surface area contributed by atoms with Gasteiger partial charge in [-0.2, -0.15) is 0 Å². The minimum Gasteiger partial charge on any atom is -0.394 e. The third-order valence-electron chi connectivity index (χ3n) is 6.89. The number of ether oxygens (including phenoxy) is 3. The van der Waals surface area contributed by atoms with Crippen LogP contribution >= 0.6 is 0 Å². The number of aliphatic hydroxyl groups is 4. The lowest BCUT2D eigenvalue weighted by molar-refractivity contribution is -0.265. The molecule has 0 spiro atoms. The van der Waals surface area contributed by atoms with E-state index in [-0.39, 0.29) is 30.6 Å². The van der Waals surface area contributed by atoms with Gasteiger partial charge in [0.05, 0.1) is 31.4 Å². The van der Waals surface area contributed by atoms with Crippen LogP contribution < -0.4 is 11.1 Å². The number of amides is 2. The van der Waals surface area contributed by atoms with E-state index in [4.69, 9.17) is 19.9 Å². The van der Waals surface area contributed by atoms with Crippen molar-refractivity contribution in [2.45, 2.75) is 101 Å². The molecule has 2 heterocycles. The molecule has 7 atom stereocenters. The summed E-state index contributed by atoms with van der Waals surface area (Å²) in [5.41, 5.74) is 5.83. The van der Waals surface area contributed by atoms with Gasteiger partial charge in [-0.3, -0.25) is 9.59 Å². The second-order valence-corrected chi connectivity index (χ2v) is 9.60. The highest BCUT2D eigenvalue weighted by atomic mass is 16.7. The molecule has 0 aromatic carbocycles. The standard InChI is InChI=1S/C24H45N3O9/c1-34-17-12-16(14-28)27(13-17)20(31)9-5-2-6-10-26-19(30)8-4-3-7-11-35-24-21(25)23(33)22(32)18(15-29)36-24/h16-18,21-24,28-29,32-33H,2-15,25H2,1H3,(H,26,30)/t16-,17+,18?,21-,22?,23?,24+/m0/s1. The third-order valence-corrected chi connectivity index (χ3v) is 6.89. The van der Waals surface area contributed by atoms with E-state index in [1.165, 1.54) is 0 Å². The summed E-state index contributed by atoms with van der Waals surface area (Å²) in [6, 6.07) is -1.07. The molecule has 0 aliphatic carbocycles.